The number of hydrogen-bond donors (Lipinski definition) is 4. The molecule has 0 fully saturated rings. The summed E-state index contributed by atoms with van der Waals surface area (Å²) in [6.45, 7) is 23.3. The van der Waals surface area contributed by atoms with Crippen molar-refractivity contribution >= 4 is 111 Å². The van der Waals surface area contributed by atoms with Gasteiger partial charge in [-0.05, 0) is 163 Å². The van der Waals surface area contributed by atoms with Gasteiger partial charge in [-0.25, -0.2) is 24.3 Å². The molecule has 0 aliphatic heterocycles. The maximum absolute atomic E-state index is 12.6. The molecule has 4 unspecified atom stereocenters. The lowest BCUT2D eigenvalue weighted by Crippen LogP contribution is -2.26. The Labute approximate surface area is 760 Å². The van der Waals surface area contributed by atoms with Crippen molar-refractivity contribution in [3.8, 4) is 84.4 Å². The largest absolute Gasteiger partial charge is 0.496 e. The molecule has 127 heavy (non-hydrogen) atoms. The third-order valence-electron chi connectivity index (χ3n) is 21.2. The maximum atomic E-state index is 12.6. The van der Waals surface area contributed by atoms with Crippen LogP contribution in [0.25, 0.3) is 100 Å². The molecule has 6 aromatic heterocycles. The second kappa shape index (κ2) is 44.7. The summed E-state index contributed by atoms with van der Waals surface area (Å²) in [5.74, 6) is -1.54. The molecule has 24 nitrogen and oxygen atoms in total. The number of carboxylic acid groups (broad SMARTS) is 3. The van der Waals surface area contributed by atoms with Gasteiger partial charge in [0.2, 0.25) is 11.8 Å². The zero-order valence-electron chi connectivity index (χ0n) is 74.9. The van der Waals surface area contributed by atoms with Gasteiger partial charge in [0, 0.05) is 135 Å². The molecule has 0 aliphatic carbocycles. The number of pyridine rings is 3. The highest BCUT2D eigenvalue weighted by Gasteiger charge is 2.26. The number of carbonyl (C=O) groups excluding carboxylic acids is 2. The Morgan fingerprint density at radius 1 is 0.425 bits per heavy atom. The highest BCUT2D eigenvalue weighted by atomic mass is 79.9. The van der Waals surface area contributed by atoms with Crippen LogP contribution in [-0.2, 0) is 53.3 Å². The van der Waals surface area contributed by atoms with Crippen molar-refractivity contribution in [1.82, 2.24) is 54.5 Å². The van der Waals surface area contributed by atoms with Crippen LogP contribution in [-0.4, -0.2) is 178 Å². The van der Waals surface area contributed by atoms with E-state index >= 15 is 0 Å². The zero-order chi connectivity index (χ0) is 92.0. The number of nitrogens with zero attached hydrogens (tertiary/aromatic N) is 10. The monoisotopic (exact) mass is 1880 g/mol. The van der Waals surface area contributed by atoms with Crippen LogP contribution in [0.2, 0.25) is 51.4 Å². The molecular weight excluding hydrogens is 1770 g/mol. The van der Waals surface area contributed by atoms with Crippen molar-refractivity contribution in [2.24, 2.45) is 0 Å². The number of fused-ring (bicyclic) bond motifs is 3. The van der Waals surface area contributed by atoms with E-state index in [1.54, 1.807) is 96.2 Å². The Morgan fingerprint density at radius 3 is 1.17 bits per heavy atom. The van der Waals surface area contributed by atoms with Crippen LogP contribution in [0, 0.1) is 0 Å². The summed E-state index contributed by atoms with van der Waals surface area (Å²) in [6, 6.07) is 70.3. The molecular formula is C99H111Br2N11O13Si2. The molecule has 28 heteroatoms. The molecule has 4 N–H and O–H groups in total. The predicted molar refractivity (Wildman–Crippen MR) is 515 cm³/mol. The van der Waals surface area contributed by atoms with Gasteiger partial charge in [-0.15, -0.1) is 0 Å². The maximum Gasteiger partial charge on any atom is 0.310 e. The van der Waals surface area contributed by atoms with E-state index < -0.39 is 45.9 Å². The number of ether oxygens (including phenoxy) is 5. The lowest BCUT2D eigenvalue weighted by Gasteiger charge is -2.17. The summed E-state index contributed by atoms with van der Waals surface area (Å²) in [6.07, 6.45) is 5.57. The second-order valence-corrected chi connectivity index (χ2v) is 46.6. The number of carbonyl (C=O) groups is 5. The number of aromatic nitrogens is 9. The van der Waals surface area contributed by atoms with Crippen LogP contribution in [0.4, 0.5) is 0 Å². The molecule has 14 rings (SSSR count). The van der Waals surface area contributed by atoms with E-state index in [0.717, 1.165) is 161 Å². The molecule has 6 heterocycles. The van der Waals surface area contributed by atoms with E-state index in [4.69, 9.17) is 54.1 Å². The van der Waals surface area contributed by atoms with E-state index in [0.29, 0.717) is 32.3 Å². The third-order valence-corrected chi connectivity index (χ3v) is 25.6. The fourth-order valence-electron chi connectivity index (χ4n) is 13.8. The van der Waals surface area contributed by atoms with Crippen molar-refractivity contribution in [1.29, 1.82) is 0 Å². The van der Waals surface area contributed by atoms with Crippen LogP contribution in [0.15, 0.2) is 240 Å². The average Bonchev–Trinajstić information content (AvgIpc) is 1.63. The second-order valence-electron chi connectivity index (χ2n) is 33.5. The van der Waals surface area contributed by atoms with Gasteiger partial charge in [-0.3, -0.25) is 29.1 Å². The Morgan fingerprint density at radius 2 is 0.787 bits per heavy atom. The number of rotatable bonds is 29. The smallest absolute Gasteiger partial charge is 0.310 e. The van der Waals surface area contributed by atoms with Gasteiger partial charge in [-0.1, -0.05) is 205 Å². The van der Waals surface area contributed by atoms with Gasteiger partial charge >= 0.3 is 17.9 Å². The number of para-hydroxylation sites is 3. The van der Waals surface area contributed by atoms with Crippen LogP contribution in [0.3, 0.4) is 0 Å². The molecule has 0 radical (unpaired) electrons. The lowest BCUT2D eigenvalue weighted by molar-refractivity contribution is -0.139. The molecule has 0 bridgehead atoms. The van der Waals surface area contributed by atoms with Crippen LogP contribution in [0.1, 0.15) is 79.2 Å². The predicted octanol–water partition coefficient (Wildman–Crippen LogP) is 21.8. The molecule has 8 aromatic carbocycles. The van der Waals surface area contributed by atoms with E-state index in [2.05, 4.69) is 117 Å². The van der Waals surface area contributed by atoms with E-state index in [1.807, 2.05) is 201 Å². The summed E-state index contributed by atoms with van der Waals surface area (Å²) >= 11 is 6.55. The number of halogens is 2. The number of amides is 2. The van der Waals surface area contributed by atoms with E-state index in [9.17, 15) is 29.1 Å². The molecule has 662 valence electrons. The number of nitrogens with one attached hydrogen (secondary N) is 1. The summed E-state index contributed by atoms with van der Waals surface area (Å²) in [5.41, 5.74) is 17.3. The normalized spacial score (nSPS) is 12.1. The highest BCUT2D eigenvalue weighted by molar-refractivity contribution is 9.10. The zero-order valence-corrected chi connectivity index (χ0v) is 80.0. The van der Waals surface area contributed by atoms with Crippen LogP contribution >= 0.6 is 31.9 Å². The summed E-state index contributed by atoms with van der Waals surface area (Å²) in [4.78, 5) is 74.7. The minimum Gasteiger partial charge on any atom is -0.496 e. The number of carboxylic acids is 3. The molecule has 0 saturated carbocycles. The standard InChI is InChI=1S/C30H38N4O3Si.C28H33N3O4Si.C24H24N4O2.C9H9BrO2.C8H7BrO2/c1-21(30(35)33(2)3)22-11-10-12-23(17-22)24-18-26-28(25-13-8-9-14-27(25)36-4)32-34(29(26)31-19-24)20-37-15-16-38(5,6)7;1-19(28(32)33)20-9-8-10-21(15-20)22-16-24-26(23-11-6-7-12-25(23)34-2)30-31(27(24)29-17-22)18-35-13-14-36(3,4)5;1-15(24(29)28(2)3)16-8-7-9-17(12-16)18-13-20-22(26-27-23(20)25-14-18)19-10-5-6-11-21(19)30-4;1-6(9(11)12)7-3-2-4-8(10)5-7;9-7-3-1-2-6(4-7)5-8(10)11/h8-14,17-19,21H,15-16,20H2,1-7H3;6-12,15-17,19H,13-14,18H2,1-5H3,(H,32,33);5-15H,1-4H3,(H,25,26,27);2-6H,1H3,(H,11,12);1-4H,5H2,(H,10,11). The van der Waals surface area contributed by atoms with Gasteiger partial charge < -0.3 is 48.8 Å². The molecule has 0 saturated heterocycles. The Hall–Kier alpha value is -12.3. The Bertz CT molecular complexity index is 6160. The first-order valence-corrected chi connectivity index (χ1v) is 50.6. The molecule has 2 amide bonds. The molecule has 0 aliphatic rings. The first-order chi connectivity index (χ1) is 60.5. The first kappa shape index (κ1) is 96.9. The number of aliphatic carboxylic acids is 3. The molecule has 0 spiro atoms. The molecule has 14 aromatic rings. The van der Waals surface area contributed by atoms with Gasteiger partial charge in [0.1, 0.15) is 42.1 Å². The average molecular weight is 1880 g/mol. The summed E-state index contributed by atoms with van der Waals surface area (Å²) in [5, 5.41) is 46.6. The van der Waals surface area contributed by atoms with Crippen molar-refractivity contribution in [2.45, 2.75) is 123 Å². The van der Waals surface area contributed by atoms with E-state index in [-0.39, 0.29) is 30.1 Å². The number of methoxy groups -OCH3 is 3. The lowest BCUT2D eigenvalue weighted by atomic mass is 9.95. The number of likely N-dealkylation sites (N-methyl/N-ethyl adjacent to an activating group) is 2. The fraction of sp³-hybridized carbons (Fsp3) is 0.283. The number of aromatic amines is 1. The van der Waals surface area contributed by atoms with Crippen molar-refractivity contribution in [3.05, 3.63) is 268 Å². The van der Waals surface area contributed by atoms with Gasteiger partial charge in [0.25, 0.3) is 0 Å². The minimum absolute atomic E-state index is 0.0737. The van der Waals surface area contributed by atoms with E-state index in [1.165, 1.54) is 0 Å². The van der Waals surface area contributed by atoms with Gasteiger partial charge in [0.05, 0.1) is 57.1 Å². The summed E-state index contributed by atoms with van der Waals surface area (Å²) in [7, 11) is 9.71. The van der Waals surface area contributed by atoms with Crippen molar-refractivity contribution < 1.29 is 63.0 Å². The quantitative estimate of drug-likeness (QED) is 0.0250. The Balaban J connectivity index is 0.000000177. The van der Waals surface area contributed by atoms with Gasteiger partial charge in [0.15, 0.2) is 16.9 Å². The fourth-order valence-corrected chi connectivity index (χ4v) is 16.1. The van der Waals surface area contributed by atoms with Crippen molar-refractivity contribution in [2.75, 3.05) is 62.7 Å². The topological polar surface area (TPSA) is 302 Å². The number of hydrogen-bond acceptors (Lipinski definition) is 16. The molecule has 4 atom stereocenters. The number of benzene rings is 8. The number of H-pyrrole nitrogens is 1. The summed E-state index contributed by atoms with van der Waals surface area (Å²) < 4.78 is 34.3. The first-order valence-electron chi connectivity index (χ1n) is 41.6. The minimum atomic E-state index is -1.20. The van der Waals surface area contributed by atoms with Crippen LogP contribution < -0.4 is 14.2 Å². The SMILES string of the molecule is CC(C(=O)O)c1cccc(Br)c1.COc1ccccc1-c1[nH]nc2ncc(-c3cccc(C(C)C(=O)N(C)C)c3)cc12.COc1ccccc1-c1nn(COCC[Si](C)(C)C)c2ncc(-c3cccc(C(C)C(=O)N(C)C)c3)cc12.COc1ccccc1-c1nn(COCC[Si](C)(C)C)c2ncc(-c3cccc(C(C)C(=O)O)c3)cc12.O=C(O)Cc1cccc(Br)c1. The Kier molecular flexibility index (Phi) is 34.1. The van der Waals surface area contributed by atoms with Gasteiger partial charge in [-0.2, -0.15) is 15.3 Å². The highest BCUT2D eigenvalue weighted by Crippen LogP contribution is 2.40. The van der Waals surface area contributed by atoms with Crippen LogP contribution in [0.5, 0.6) is 17.2 Å². The van der Waals surface area contributed by atoms with Crippen molar-refractivity contribution in [3.63, 3.8) is 0 Å². The third kappa shape index (κ3) is 26.2.